The second kappa shape index (κ2) is 13.9. The van der Waals surface area contributed by atoms with Gasteiger partial charge >= 0.3 is 0 Å². The maximum absolute atomic E-state index is 7.33. The normalized spacial score (nSPS) is 13.0. The van der Waals surface area contributed by atoms with Crippen molar-refractivity contribution < 1.29 is 9.47 Å². The minimum absolute atomic E-state index is 0.856. The largest absolute Gasteiger partial charge is 0.454 e. The summed E-state index contributed by atoms with van der Waals surface area (Å²) in [4.78, 5) is 7.13. The summed E-state index contributed by atoms with van der Waals surface area (Å²) in [6.45, 7) is 12.8. The molecule has 0 aromatic heterocycles. The van der Waals surface area contributed by atoms with Gasteiger partial charge in [0, 0.05) is 36.4 Å². The lowest BCUT2D eigenvalue weighted by atomic mass is 10.1. The molecule has 8 aromatic carbocycles. The molecule has 292 valence electrons. The van der Waals surface area contributed by atoms with Crippen LogP contribution in [0.4, 0.5) is 51.2 Å². The van der Waals surface area contributed by atoms with Gasteiger partial charge in [-0.2, -0.15) is 0 Å². The van der Waals surface area contributed by atoms with Gasteiger partial charge in [-0.3, -0.25) is 0 Å². The summed E-state index contributed by atoms with van der Waals surface area (Å²) < 4.78 is 14.7. The molecule has 0 bridgehead atoms. The first-order valence-corrected chi connectivity index (χ1v) is 21.9. The highest BCUT2D eigenvalue weighted by atomic mass is 31.1. The molecule has 0 saturated carbocycles. The molecule has 60 heavy (non-hydrogen) atoms. The van der Waals surface area contributed by atoms with E-state index in [0.717, 1.165) is 85.1 Å². The molecule has 0 amide bonds. The summed E-state index contributed by atoms with van der Waals surface area (Å²) in [5.74, 6) is 3.46. The fourth-order valence-electron chi connectivity index (χ4n) is 8.82. The molecule has 0 atom stereocenters. The molecule has 0 spiro atoms. The van der Waals surface area contributed by atoms with Crippen LogP contribution in [0.2, 0.25) is 0 Å². The number of hydrogen-bond donors (Lipinski definition) is 0. The van der Waals surface area contributed by atoms with Crippen molar-refractivity contribution in [3.05, 3.63) is 191 Å². The maximum atomic E-state index is 7.33. The number of anilines is 9. The zero-order valence-corrected chi connectivity index (χ0v) is 35.5. The molecular weight excluding hydrogens is 754 g/mol. The van der Waals surface area contributed by atoms with Gasteiger partial charge in [0.25, 0.3) is 0 Å². The first-order chi connectivity index (χ1) is 29.2. The smallest absolute Gasteiger partial charge is 0.161 e. The molecule has 3 heterocycles. The molecule has 11 rings (SSSR count). The van der Waals surface area contributed by atoms with Gasteiger partial charge in [-0.15, -0.1) is 0 Å². The van der Waals surface area contributed by atoms with Crippen LogP contribution in [0.25, 0.3) is 0 Å². The number of rotatable bonds is 7. The van der Waals surface area contributed by atoms with Crippen molar-refractivity contribution in [3.8, 4) is 23.0 Å². The van der Waals surface area contributed by atoms with E-state index in [4.69, 9.17) is 9.47 Å². The van der Waals surface area contributed by atoms with Crippen molar-refractivity contribution in [3.63, 3.8) is 0 Å². The Labute approximate surface area is 353 Å². The predicted molar refractivity (Wildman–Crippen MR) is 251 cm³/mol. The van der Waals surface area contributed by atoms with Gasteiger partial charge in [-0.1, -0.05) is 88.5 Å². The van der Waals surface area contributed by atoms with Crippen molar-refractivity contribution in [2.75, 3.05) is 14.7 Å². The Morgan fingerprint density at radius 3 is 1.05 bits per heavy atom. The van der Waals surface area contributed by atoms with Crippen LogP contribution in [0.3, 0.4) is 0 Å². The second-order valence-electron chi connectivity index (χ2n) is 16.4. The minimum Gasteiger partial charge on any atom is -0.454 e. The fourth-order valence-corrected chi connectivity index (χ4v) is 11.7. The first-order valence-electron chi connectivity index (χ1n) is 20.6. The van der Waals surface area contributed by atoms with Gasteiger partial charge in [0.15, 0.2) is 11.5 Å². The van der Waals surface area contributed by atoms with Crippen molar-refractivity contribution in [1.82, 2.24) is 0 Å². The van der Waals surface area contributed by atoms with E-state index in [0.29, 0.717) is 0 Å². The zero-order chi connectivity index (χ0) is 40.8. The monoisotopic (exact) mass is 797 g/mol. The Hall–Kier alpha value is -6.81. The number of benzene rings is 8. The molecule has 8 aromatic rings. The fraction of sp³-hybridized carbons (Fsp3) is 0.111. The standard InChI is InChI=1S/C54H44N3O2P/c1-33-7-17-39(18-8-33)55(40-19-9-34(2)10-20-40)44-27-29-46-52-50(44)58-48-31-38(6)32-49-54(48)60(52)53-47(57(46)43-25-15-37(5)16-26-43)30-28-45(51(53)59-49)56(41-21-11-35(3)12-22-41)42-23-13-36(4)14-24-42/h7-32H,1-6H3. The molecule has 0 aliphatic carbocycles. The Bertz CT molecular complexity index is 2710. The van der Waals surface area contributed by atoms with Crippen LogP contribution in [0.15, 0.2) is 158 Å². The summed E-state index contributed by atoms with van der Waals surface area (Å²) in [5.41, 5.74) is 16.8. The lowest BCUT2D eigenvalue weighted by Gasteiger charge is -2.45. The van der Waals surface area contributed by atoms with E-state index >= 15 is 0 Å². The van der Waals surface area contributed by atoms with Crippen molar-refractivity contribution in [2.24, 2.45) is 0 Å². The van der Waals surface area contributed by atoms with Crippen LogP contribution in [0.5, 0.6) is 23.0 Å². The van der Waals surface area contributed by atoms with Gasteiger partial charge in [0.05, 0.1) is 38.7 Å². The number of ether oxygens (including phenoxy) is 2. The molecule has 0 N–H and O–H groups in total. The summed E-state index contributed by atoms with van der Waals surface area (Å²) >= 11 is 0. The number of nitrogens with zero attached hydrogens (tertiary/aromatic N) is 3. The number of hydrogen-bond acceptors (Lipinski definition) is 5. The second-order valence-corrected chi connectivity index (χ2v) is 18.4. The quantitative estimate of drug-likeness (QED) is 0.150. The third-order valence-corrected chi connectivity index (χ3v) is 14.5. The third-order valence-electron chi connectivity index (χ3n) is 11.9. The minimum atomic E-state index is -1.16. The SMILES string of the molecule is Cc1ccc(N(c2ccc(C)cc2)c2ccc3c4c2Oc2cc(C)cc5c2P4c2c(ccc(N(c4ccc(C)cc4)c4ccc(C)cc4)c2O5)N3c2ccc(C)cc2)cc1. The molecule has 6 heteroatoms. The lowest BCUT2D eigenvalue weighted by Crippen LogP contribution is -2.40. The molecule has 0 saturated heterocycles. The van der Waals surface area contributed by atoms with E-state index < -0.39 is 7.92 Å². The molecule has 0 fully saturated rings. The molecule has 3 aliphatic heterocycles. The Morgan fingerprint density at radius 1 is 0.367 bits per heavy atom. The summed E-state index contributed by atoms with van der Waals surface area (Å²) in [6.07, 6.45) is 0. The highest BCUT2D eigenvalue weighted by Gasteiger charge is 2.47. The molecule has 3 aliphatic rings. The lowest BCUT2D eigenvalue weighted by molar-refractivity contribution is 0.466. The molecule has 0 radical (unpaired) electrons. The van der Waals surface area contributed by atoms with Gasteiger partial charge in [0.1, 0.15) is 11.5 Å². The molecular formula is C54H44N3O2P. The van der Waals surface area contributed by atoms with Crippen LogP contribution in [0, 0.1) is 41.5 Å². The van der Waals surface area contributed by atoms with Gasteiger partial charge < -0.3 is 24.2 Å². The van der Waals surface area contributed by atoms with Gasteiger partial charge in [-0.25, -0.2) is 0 Å². The van der Waals surface area contributed by atoms with Crippen molar-refractivity contribution >= 4 is 75.0 Å². The summed E-state index contributed by atoms with van der Waals surface area (Å²) in [6, 6.07) is 57.6. The summed E-state index contributed by atoms with van der Waals surface area (Å²) in [5, 5.41) is 3.51. The predicted octanol–water partition coefficient (Wildman–Crippen LogP) is 14.2. The molecule has 5 nitrogen and oxygen atoms in total. The van der Waals surface area contributed by atoms with Gasteiger partial charge in [0.2, 0.25) is 0 Å². The zero-order valence-electron chi connectivity index (χ0n) is 34.6. The Balaban J connectivity index is 1.22. The van der Waals surface area contributed by atoms with Crippen LogP contribution >= 0.6 is 7.92 Å². The van der Waals surface area contributed by atoms with E-state index in [-0.39, 0.29) is 0 Å². The highest BCUT2D eigenvalue weighted by molar-refractivity contribution is 7.81. The average Bonchev–Trinajstić information content (AvgIpc) is 3.25. The maximum Gasteiger partial charge on any atom is 0.161 e. The van der Waals surface area contributed by atoms with Crippen LogP contribution in [-0.4, -0.2) is 0 Å². The topological polar surface area (TPSA) is 28.2 Å². The van der Waals surface area contributed by atoms with E-state index in [9.17, 15) is 0 Å². The average molecular weight is 798 g/mol. The van der Waals surface area contributed by atoms with E-state index in [1.807, 2.05) is 0 Å². The van der Waals surface area contributed by atoms with E-state index in [2.05, 4.69) is 214 Å². The highest BCUT2D eigenvalue weighted by Crippen LogP contribution is 2.64. The Morgan fingerprint density at radius 2 is 0.700 bits per heavy atom. The van der Waals surface area contributed by atoms with Crippen molar-refractivity contribution in [1.29, 1.82) is 0 Å². The third kappa shape index (κ3) is 5.79. The Kier molecular flexibility index (Phi) is 8.41. The summed E-state index contributed by atoms with van der Waals surface area (Å²) in [7, 11) is -1.16. The van der Waals surface area contributed by atoms with Gasteiger partial charge in [-0.05, 0) is 144 Å². The van der Waals surface area contributed by atoms with E-state index in [1.54, 1.807) is 0 Å². The first kappa shape index (κ1) is 36.3. The van der Waals surface area contributed by atoms with Crippen LogP contribution in [-0.2, 0) is 0 Å². The van der Waals surface area contributed by atoms with Crippen LogP contribution in [0.1, 0.15) is 33.4 Å². The van der Waals surface area contributed by atoms with E-state index in [1.165, 1.54) is 38.4 Å². The molecule has 0 unspecified atom stereocenters. The number of aryl methyl sites for hydroxylation is 6. The van der Waals surface area contributed by atoms with Crippen molar-refractivity contribution in [2.45, 2.75) is 41.5 Å². The van der Waals surface area contributed by atoms with Crippen LogP contribution < -0.4 is 40.1 Å².